The number of hydrogen-bond acceptors (Lipinski definition) is 1. The first-order valence-electron chi connectivity index (χ1n) is 4.29. The number of rotatable bonds is 2. The largest absolute Gasteiger partial charge is 0.364 e. The Hall–Kier alpha value is -1.24. The first-order chi connectivity index (χ1) is 5.84. The van der Waals surface area contributed by atoms with Gasteiger partial charge in [0.1, 0.15) is 0 Å². The average Bonchev–Trinajstić information content (AvgIpc) is 2.78. The molecule has 1 heteroatoms. The van der Waals surface area contributed by atoms with E-state index in [9.17, 15) is 0 Å². The fourth-order valence-corrected chi connectivity index (χ4v) is 1.75. The lowest BCUT2D eigenvalue weighted by Crippen LogP contribution is -1.85. The molecule has 12 heavy (non-hydrogen) atoms. The summed E-state index contributed by atoms with van der Waals surface area (Å²) < 4.78 is 0. The standard InChI is InChI=1S/C11H13N/c1-3-12-9(2)11(12)10-7-5-4-6-8-10/h3-9,11H,1H2,2H3/t9-,11-,12?/m1/s1. The van der Waals surface area contributed by atoms with Crippen LogP contribution in [0.3, 0.4) is 0 Å². The van der Waals surface area contributed by atoms with E-state index in [1.807, 2.05) is 6.20 Å². The summed E-state index contributed by atoms with van der Waals surface area (Å²) in [6.07, 6.45) is 1.92. The zero-order valence-electron chi connectivity index (χ0n) is 7.27. The summed E-state index contributed by atoms with van der Waals surface area (Å²) in [6, 6.07) is 11.8. The summed E-state index contributed by atoms with van der Waals surface area (Å²) in [5.74, 6) is 0. The Morgan fingerprint density at radius 1 is 1.33 bits per heavy atom. The van der Waals surface area contributed by atoms with Gasteiger partial charge in [0.25, 0.3) is 0 Å². The van der Waals surface area contributed by atoms with Crippen LogP contribution in [0.4, 0.5) is 0 Å². The predicted octanol–water partition coefficient (Wildman–Crippen LogP) is 2.58. The van der Waals surface area contributed by atoms with Gasteiger partial charge in [0, 0.05) is 0 Å². The van der Waals surface area contributed by atoms with Crippen LogP contribution in [-0.4, -0.2) is 10.9 Å². The summed E-state index contributed by atoms with van der Waals surface area (Å²) in [6.45, 7) is 6.00. The fourth-order valence-electron chi connectivity index (χ4n) is 1.75. The SMILES string of the molecule is C=CN1[C@H](C)[C@@H]1c1ccccc1. The Morgan fingerprint density at radius 2 is 2.00 bits per heavy atom. The molecule has 1 saturated heterocycles. The molecule has 62 valence electrons. The molecule has 1 aromatic rings. The second-order valence-electron chi connectivity index (χ2n) is 3.23. The fraction of sp³-hybridized carbons (Fsp3) is 0.273. The quantitative estimate of drug-likeness (QED) is 0.599. The monoisotopic (exact) mass is 159 g/mol. The minimum Gasteiger partial charge on any atom is -0.364 e. The summed E-state index contributed by atoms with van der Waals surface area (Å²) in [5, 5.41) is 0. The van der Waals surface area contributed by atoms with Crippen LogP contribution in [0.1, 0.15) is 18.5 Å². The van der Waals surface area contributed by atoms with Gasteiger partial charge >= 0.3 is 0 Å². The molecule has 1 nitrogen and oxygen atoms in total. The van der Waals surface area contributed by atoms with E-state index in [-0.39, 0.29) is 0 Å². The minimum absolute atomic E-state index is 0.573. The van der Waals surface area contributed by atoms with Crippen molar-refractivity contribution in [1.29, 1.82) is 0 Å². The molecule has 0 aliphatic carbocycles. The van der Waals surface area contributed by atoms with E-state index in [1.54, 1.807) is 0 Å². The van der Waals surface area contributed by atoms with Gasteiger partial charge < -0.3 is 4.90 Å². The van der Waals surface area contributed by atoms with E-state index >= 15 is 0 Å². The lowest BCUT2D eigenvalue weighted by Gasteiger charge is -1.96. The third kappa shape index (κ3) is 1.02. The molecule has 1 fully saturated rings. The summed E-state index contributed by atoms with van der Waals surface area (Å²) in [5.41, 5.74) is 1.39. The topological polar surface area (TPSA) is 3.01 Å². The molecule has 0 spiro atoms. The van der Waals surface area contributed by atoms with Crippen molar-refractivity contribution in [3.63, 3.8) is 0 Å². The minimum atomic E-state index is 0.573. The van der Waals surface area contributed by atoms with E-state index in [1.165, 1.54) is 5.56 Å². The smallest absolute Gasteiger partial charge is 0.0741 e. The number of nitrogens with zero attached hydrogens (tertiary/aromatic N) is 1. The van der Waals surface area contributed by atoms with Gasteiger partial charge in [-0.15, -0.1) is 0 Å². The van der Waals surface area contributed by atoms with Gasteiger partial charge in [-0.2, -0.15) is 0 Å². The van der Waals surface area contributed by atoms with E-state index in [4.69, 9.17) is 0 Å². The van der Waals surface area contributed by atoms with Crippen LogP contribution in [0.2, 0.25) is 0 Å². The highest BCUT2D eigenvalue weighted by atomic mass is 15.3. The van der Waals surface area contributed by atoms with E-state index in [0.717, 1.165) is 0 Å². The highest BCUT2D eigenvalue weighted by Crippen LogP contribution is 2.42. The molecule has 2 atom stereocenters. The highest BCUT2D eigenvalue weighted by Gasteiger charge is 2.41. The number of benzene rings is 1. The van der Waals surface area contributed by atoms with E-state index < -0.39 is 0 Å². The van der Waals surface area contributed by atoms with Crippen LogP contribution in [0.25, 0.3) is 0 Å². The van der Waals surface area contributed by atoms with Crippen LogP contribution in [-0.2, 0) is 0 Å². The molecule has 0 unspecified atom stereocenters. The molecule has 0 saturated carbocycles. The van der Waals surface area contributed by atoms with Gasteiger partial charge in [0.2, 0.25) is 0 Å². The second-order valence-corrected chi connectivity index (χ2v) is 3.23. The zero-order valence-corrected chi connectivity index (χ0v) is 7.27. The highest BCUT2D eigenvalue weighted by molar-refractivity contribution is 5.27. The molecule has 0 aromatic heterocycles. The van der Waals surface area contributed by atoms with E-state index in [0.29, 0.717) is 12.1 Å². The predicted molar refractivity (Wildman–Crippen MR) is 50.7 cm³/mol. The van der Waals surface area contributed by atoms with Gasteiger partial charge in [-0.3, -0.25) is 0 Å². The zero-order chi connectivity index (χ0) is 8.55. The van der Waals surface area contributed by atoms with Crippen molar-refractivity contribution in [3.8, 4) is 0 Å². The Morgan fingerprint density at radius 3 is 2.50 bits per heavy atom. The van der Waals surface area contributed by atoms with Crippen molar-refractivity contribution in [3.05, 3.63) is 48.7 Å². The number of hydrogen-bond donors (Lipinski definition) is 0. The van der Waals surface area contributed by atoms with Crippen LogP contribution >= 0.6 is 0 Å². The molecule has 0 amide bonds. The normalized spacial score (nSPS) is 26.9. The van der Waals surface area contributed by atoms with Gasteiger partial charge in [0.05, 0.1) is 12.1 Å². The summed E-state index contributed by atoms with van der Waals surface area (Å²) in [4.78, 5) is 2.26. The lowest BCUT2D eigenvalue weighted by molar-refractivity contribution is 0.665. The van der Waals surface area contributed by atoms with Crippen LogP contribution in [0, 0.1) is 0 Å². The van der Waals surface area contributed by atoms with Crippen molar-refractivity contribution in [1.82, 2.24) is 4.90 Å². The molecule has 1 aromatic carbocycles. The molecule has 0 radical (unpaired) electrons. The summed E-state index contributed by atoms with van der Waals surface area (Å²) >= 11 is 0. The maximum atomic E-state index is 3.77. The van der Waals surface area contributed by atoms with Gasteiger partial charge in [-0.25, -0.2) is 0 Å². The van der Waals surface area contributed by atoms with Crippen molar-refractivity contribution in [2.75, 3.05) is 0 Å². The molecule has 1 aliphatic heterocycles. The van der Waals surface area contributed by atoms with Crippen LogP contribution in [0.5, 0.6) is 0 Å². The third-order valence-electron chi connectivity index (χ3n) is 2.51. The second kappa shape index (κ2) is 2.67. The Kier molecular flexibility index (Phi) is 1.65. The Labute approximate surface area is 73.3 Å². The third-order valence-corrected chi connectivity index (χ3v) is 2.51. The van der Waals surface area contributed by atoms with Crippen molar-refractivity contribution in [2.45, 2.75) is 19.0 Å². The van der Waals surface area contributed by atoms with Gasteiger partial charge in [0.15, 0.2) is 0 Å². The Bertz CT molecular complexity index is 278. The maximum Gasteiger partial charge on any atom is 0.0741 e. The first-order valence-corrected chi connectivity index (χ1v) is 4.29. The van der Waals surface area contributed by atoms with Gasteiger partial charge in [-0.05, 0) is 18.7 Å². The lowest BCUT2D eigenvalue weighted by atomic mass is 10.1. The molecule has 1 heterocycles. The van der Waals surface area contributed by atoms with Crippen molar-refractivity contribution < 1.29 is 0 Å². The molecule has 2 rings (SSSR count). The molecule has 0 N–H and O–H groups in total. The average molecular weight is 159 g/mol. The van der Waals surface area contributed by atoms with E-state index in [2.05, 4.69) is 48.7 Å². The molecular formula is C11H13N. The Balaban J connectivity index is 2.19. The molecule has 1 aliphatic rings. The van der Waals surface area contributed by atoms with Gasteiger partial charge in [-0.1, -0.05) is 36.9 Å². The maximum absolute atomic E-state index is 3.77. The van der Waals surface area contributed by atoms with Crippen molar-refractivity contribution in [2.24, 2.45) is 0 Å². The molecular weight excluding hydrogens is 146 g/mol. The van der Waals surface area contributed by atoms with Crippen LogP contribution in [0.15, 0.2) is 43.1 Å². The van der Waals surface area contributed by atoms with Crippen molar-refractivity contribution >= 4 is 0 Å². The summed E-state index contributed by atoms with van der Waals surface area (Å²) in [7, 11) is 0. The molecule has 0 bridgehead atoms. The van der Waals surface area contributed by atoms with Crippen LogP contribution < -0.4 is 0 Å². The first kappa shape index (κ1) is 7.41.